The molecule has 6 heteroatoms. The molecule has 2 aromatic rings. The van der Waals surface area contributed by atoms with E-state index in [4.69, 9.17) is 0 Å². The molecule has 0 bridgehead atoms. The van der Waals surface area contributed by atoms with Crippen LogP contribution in [0.1, 0.15) is 23.6 Å². The van der Waals surface area contributed by atoms with Gasteiger partial charge in [0.2, 0.25) is 0 Å². The Labute approximate surface area is 129 Å². The summed E-state index contributed by atoms with van der Waals surface area (Å²) in [6.07, 6.45) is -3.67. The van der Waals surface area contributed by atoms with E-state index >= 15 is 0 Å². The van der Waals surface area contributed by atoms with E-state index in [-0.39, 0.29) is 0 Å². The Bertz CT molecular complexity index is 600. The highest BCUT2D eigenvalue weighted by Gasteiger charge is 2.32. The van der Waals surface area contributed by atoms with Crippen molar-refractivity contribution in [2.75, 3.05) is 5.32 Å². The molecule has 1 atom stereocenters. The van der Waals surface area contributed by atoms with Crippen molar-refractivity contribution in [2.45, 2.75) is 25.6 Å². The third kappa shape index (κ3) is 4.74. The van der Waals surface area contributed by atoms with Crippen molar-refractivity contribution < 1.29 is 13.2 Å². The number of rotatable bonds is 4. The number of benzene rings is 1. The van der Waals surface area contributed by atoms with Gasteiger partial charge in [-0.05, 0) is 40.0 Å². The van der Waals surface area contributed by atoms with Gasteiger partial charge in [0.15, 0.2) is 0 Å². The third-order valence-corrected chi connectivity index (χ3v) is 3.82. The number of pyridine rings is 1. The fourth-order valence-corrected chi connectivity index (χ4v) is 2.22. The Morgan fingerprint density at radius 3 is 2.48 bits per heavy atom. The number of halogens is 4. The first-order valence-corrected chi connectivity index (χ1v) is 7.15. The number of nitrogens with zero attached hydrogens (tertiary/aromatic N) is 1. The van der Waals surface area contributed by atoms with Crippen molar-refractivity contribution in [1.82, 2.24) is 4.98 Å². The number of aromatic nitrogens is 1. The molecular formula is C15H14BrF3N2. The molecule has 1 N–H and O–H groups in total. The topological polar surface area (TPSA) is 24.9 Å². The average molecular weight is 359 g/mol. The van der Waals surface area contributed by atoms with Gasteiger partial charge in [-0.25, -0.2) is 4.98 Å². The quantitative estimate of drug-likeness (QED) is 0.754. The van der Waals surface area contributed by atoms with Crippen molar-refractivity contribution in [1.29, 1.82) is 0 Å². The maximum atomic E-state index is 12.8. The first kappa shape index (κ1) is 15.8. The van der Waals surface area contributed by atoms with E-state index in [1.54, 1.807) is 36.4 Å². The minimum Gasteiger partial charge on any atom is -0.377 e. The molecule has 1 unspecified atom stereocenters. The molecule has 0 radical (unpaired) electrons. The van der Waals surface area contributed by atoms with Gasteiger partial charge in [0.25, 0.3) is 0 Å². The number of nitrogens with one attached hydrogen (secondary N) is 1. The van der Waals surface area contributed by atoms with Gasteiger partial charge in [-0.1, -0.05) is 30.3 Å². The zero-order chi connectivity index (χ0) is 15.5. The summed E-state index contributed by atoms with van der Waals surface area (Å²) in [5.74, 6) is 0. The van der Waals surface area contributed by atoms with Crippen LogP contribution in [0.2, 0.25) is 0 Å². The normalized spacial score (nSPS) is 13.0. The van der Waals surface area contributed by atoms with Crippen LogP contribution >= 0.6 is 15.9 Å². The molecule has 1 heterocycles. The van der Waals surface area contributed by atoms with Crippen LogP contribution < -0.4 is 5.32 Å². The average Bonchev–Trinajstić information content (AvgIpc) is 2.42. The van der Waals surface area contributed by atoms with Gasteiger partial charge in [-0.15, -0.1) is 0 Å². The monoisotopic (exact) mass is 358 g/mol. The lowest BCUT2D eigenvalue weighted by Crippen LogP contribution is -2.20. The van der Waals surface area contributed by atoms with Crippen LogP contribution in [0.4, 0.5) is 18.9 Å². The van der Waals surface area contributed by atoms with E-state index < -0.39 is 18.6 Å². The molecule has 0 aliphatic carbocycles. The van der Waals surface area contributed by atoms with E-state index in [2.05, 4.69) is 26.2 Å². The zero-order valence-electron chi connectivity index (χ0n) is 11.3. The van der Waals surface area contributed by atoms with Crippen LogP contribution in [0.25, 0.3) is 0 Å². The fraction of sp³-hybridized carbons (Fsp3) is 0.267. The molecule has 1 aromatic carbocycles. The highest BCUT2D eigenvalue weighted by Crippen LogP contribution is 2.32. The predicted octanol–water partition coefficient (Wildman–Crippen LogP) is 5.26. The second-order valence-corrected chi connectivity index (χ2v) is 5.51. The van der Waals surface area contributed by atoms with Crippen LogP contribution in [-0.4, -0.2) is 11.2 Å². The fourth-order valence-electron chi connectivity index (χ4n) is 2.01. The second kappa shape index (κ2) is 6.47. The van der Waals surface area contributed by atoms with Crippen molar-refractivity contribution >= 4 is 21.6 Å². The smallest absolute Gasteiger partial charge is 0.377 e. The van der Waals surface area contributed by atoms with E-state index in [9.17, 15) is 13.2 Å². The lowest BCUT2D eigenvalue weighted by Gasteiger charge is -2.22. The standard InChI is InChI=1S/C15H14BrF3N2/c1-10-7-12(9-20-14(10)16)21-13(8-15(17,18)19)11-5-3-2-4-6-11/h2-7,9,13,21H,8H2,1H3. The zero-order valence-corrected chi connectivity index (χ0v) is 12.9. The van der Waals surface area contributed by atoms with Crippen LogP contribution in [-0.2, 0) is 0 Å². The van der Waals surface area contributed by atoms with Gasteiger partial charge in [0.1, 0.15) is 4.60 Å². The molecule has 112 valence electrons. The highest BCUT2D eigenvalue weighted by atomic mass is 79.9. The Hall–Kier alpha value is -1.56. The molecule has 0 aliphatic heterocycles. The number of anilines is 1. The lowest BCUT2D eigenvalue weighted by atomic mass is 10.0. The number of aryl methyl sites for hydroxylation is 1. The summed E-state index contributed by atoms with van der Waals surface area (Å²) in [7, 11) is 0. The molecule has 2 nitrogen and oxygen atoms in total. The summed E-state index contributed by atoms with van der Waals surface area (Å²) >= 11 is 3.27. The third-order valence-electron chi connectivity index (χ3n) is 2.99. The summed E-state index contributed by atoms with van der Waals surface area (Å²) in [5.41, 5.74) is 2.02. The highest BCUT2D eigenvalue weighted by molar-refractivity contribution is 9.10. The molecule has 0 spiro atoms. The Kier molecular flexibility index (Phi) is 4.88. The van der Waals surface area contributed by atoms with Gasteiger partial charge in [0, 0.05) is 0 Å². The Morgan fingerprint density at radius 2 is 1.90 bits per heavy atom. The Balaban J connectivity index is 2.25. The number of alkyl halides is 3. The Morgan fingerprint density at radius 1 is 1.24 bits per heavy atom. The number of hydrogen-bond acceptors (Lipinski definition) is 2. The molecule has 0 saturated carbocycles. The molecule has 2 rings (SSSR count). The van der Waals surface area contributed by atoms with E-state index in [1.165, 1.54) is 6.20 Å². The van der Waals surface area contributed by atoms with Gasteiger partial charge >= 0.3 is 6.18 Å². The predicted molar refractivity (Wildman–Crippen MR) is 80.2 cm³/mol. The van der Waals surface area contributed by atoms with Crippen molar-refractivity contribution in [2.24, 2.45) is 0 Å². The molecule has 21 heavy (non-hydrogen) atoms. The minimum absolute atomic E-state index is 0.564. The molecular weight excluding hydrogens is 345 g/mol. The van der Waals surface area contributed by atoms with Gasteiger partial charge in [0.05, 0.1) is 24.3 Å². The molecule has 1 aromatic heterocycles. The summed E-state index contributed by atoms with van der Waals surface area (Å²) in [4.78, 5) is 4.09. The molecule has 0 aliphatic rings. The summed E-state index contributed by atoms with van der Waals surface area (Å²) < 4.78 is 39.0. The first-order chi connectivity index (χ1) is 9.85. The van der Waals surface area contributed by atoms with Crippen LogP contribution in [0.3, 0.4) is 0 Å². The summed E-state index contributed by atoms with van der Waals surface area (Å²) in [6, 6.07) is 9.53. The van der Waals surface area contributed by atoms with Gasteiger partial charge in [-0.2, -0.15) is 13.2 Å². The lowest BCUT2D eigenvalue weighted by molar-refractivity contribution is -0.137. The SMILES string of the molecule is Cc1cc(NC(CC(F)(F)F)c2ccccc2)cnc1Br. The van der Waals surface area contributed by atoms with Crippen molar-refractivity contribution in [3.8, 4) is 0 Å². The maximum absolute atomic E-state index is 12.8. The molecule has 0 saturated heterocycles. The van der Waals surface area contributed by atoms with E-state index in [0.29, 0.717) is 15.9 Å². The maximum Gasteiger partial charge on any atom is 0.391 e. The minimum atomic E-state index is -4.24. The van der Waals surface area contributed by atoms with E-state index in [1.807, 2.05) is 6.92 Å². The molecule has 0 fully saturated rings. The summed E-state index contributed by atoms with van der Waals surface area (Å²) in [6.45, 7) is 1.84. The number of hydrogen-bond donors (Lipinski definition) is 1. The van der Waals surface area contributed by atoms with Crippen LogP contribution in [0.15, 0.2) is 47.2 Å². The summed E-state index contributed by atoms with van der Waals surface area (Å²) in [5, 5.41) is 2.92. The van der Waals surface area contributed by atoms with Crippen molar-refractivity contribution in [3.05, 3.63) is 58.3 Å². The van der Waals surface area contributed by atoms with E-state index in [0.717, 1.165) is 5.56 Å². The first-order valence-electron chi connectivity index (χ1n) is 6.35. The molecule has 0 amide bonds. The van der Waals surface area contributed by atoms with Crippen LogP contribution in [0, 0.1) is 6.92 Å². The van der Waals surface area contributed by atoms with Gasteiger partial charge in [-0.3, -0.25) is 0 Å². The second-order valence-electron chi connectivity index (χ2n) is 4.76. The van der Waals surface area contributed by atoms with Gasteiger partial charge < -0.3 is 5.32 Å². The largest absolute Gasteiger partial charge is 0.391 e. The van der Waals surface area contributed by atoms with Crippen molar-refractivity contribution in [3.63, 3.8) is 0 Å². The van der Waals surface area contributed by atoms with Crippen LogP contribution in [0.5, 0.6) is 0 Å².